The number of thiophene rings is 1. The third kappa shape index (κ3) is 3.54. The zero-order chi connectivity index (χ0) is 11.8. The third-order valence-electron chi connectivity index (χ3n) is 1.52. The summed E-state index contributed by atoms with van der Waals surface area (Å²) in [6.07, 6.45) is 1.79. The summed E-state index contributed by atoms with van der Waals surface area (Å²) in [6.45, 7) is 9.97. The van der Waals surface area contributed by atoms with Gasteiger partial charge in [-0.2, -0.15) is 10.2 Å². The van der Waals surface area contributed by atoms with Gasteiger partial charge in [-0.15, -0.1) is 11.3 Å². The van der Waals surface area contributed by atoms with Crippen molar-refractivity contribution >= 4 is 37.4 Å². The second kappa shape index (κ2) is 7.77. The molecule has 0 N–H and O–H groups in total. The summed E-state index contributed by atoms with van der Waals surface area (Å²) < 4.78 is 2.30. The van der Waals surface area contributed by atoms with Crippen LogP contribution < -0.4 is 0 Å². The molecule has 0 radical (unpaired) electrons. The quantitative estimate of drug-likeness (QED) is 0.695. The Morgan fingerprint density at radius 2 is 1.80 bits per heavy atom. The van der Waals surface area contributed by atoms with E-state index in [-0.39, 0.29) is 0 Å². The molecule has 2 aromatic rings. The summed E-state index contributed by atoms with van der Waals surface area (Å²) in [4.78, 5) is 0. The number of aryl methyl sites for hydroxylation is 1. The lowest BCUT2D eigenvalue weighted by molar-refractivity contribution is 1.00. The number of aromatic nitrogens is 2. The van der Waals surface area contributed by atoms with E-state index in [0.717, 1.165) is 10.2 Å². The Balaban J connectivity index is 0.000000442. The minimum atomic E-state index is 0.982. The molecule has 4 heteroatoms. The summed E-state index contributed by atoms with van der Waals surface area (Å²) in [6, 6.07) is 0. The molecule has 15 heavy (non-hydrogen) atoms. The van der Waals surface area contributed by atoms with Gasteiger partial charge in [0.1, 0.15) is 0 Å². The number of hydrogen-bond acceptors (Lipinski definition) is 3. The van der Waals surface area contributed by atoms with Crippen molar-refractivity contribution in [2.45, 2.75) is 34.6 Å². The minimum absolute atomic E-state index is 0.982. The van der Waals surface area contributed by atoms with Crippen molar-refractivity contribution in [2.24, 2.45) is 0 Å². The van der Waals surface area contributed by atoms with Gasteiger partial charge in [0.25, 0.3) is 0 Å². The normalized spacial score (nSPS) is 8.67. The highest BCUT2D eigenvalue weighted by atomic mass is 79.9. The Hall–Kier alpha value is -0.480. The Labute approximate surface area is 104 Å². The van der Waals surface area contributed by atoms with E-state index in [1.807, 2.05) is 34.6 Å². The van der Waals surface area contributed by atoms with Gasteiger partial charge >= 0.3 is 0 Å². The van der Waals surface area contributed by atoms with Gasteiger partial charge in [0, 0.05) is 15.2 Å². The summed E-state index contributed by atoms with van der Waals surface area (Å²) in [5, 5.41) is 11.1. The summed E-state index contributed by atoms with van der Waals surface area (Å²) in [5.41, 5.74) is 0.982. The Morgan fingerprint density at radius 3 is 2.33 bits per heavy atom. The minimum Gasteiger partial charge on any atom is -0.157 e. The molecule has 0 saturated carbocycles. The van der Waals surface area contributed by atoms with Crippen LogP contribution in [0.15, 0.2) is 16.0 Å². The second-order valence-electron chi connectivity index (χ2n) is 2.25. The molecule has 0 atom stereocenters. The predicted molar refractivity (Wildman–Crippen MR) is 72.5 cm³/mol. The van der Waals surface area contributed by atoms with Crippen molar-refractivity contribution < 1.29 is 0 Å². The first-order valence-corrected chi connectivity index (χ1v) is 6.81. The van der Waals surface area contributed by atoms with Gasteiger partial charge in [-0.3, -0.25) is 0 Å². The lowest BCUT2D eigenvalue weighted by Crippen LogP contribution is -1.84. The first kappa shape index (κ1) is 14.5. The SMILES string of the molecule is CC.CC.Cc1nncc2scc(Br)c12. The standard InChI is InChI=1S/C7H5BrN2S.2C2H6/c1-4-7-5(8)3-11-6(7)2-9-10-4;2*1-2/h2-3H,1H3;2*1-2H3. The van der Waals surface area contributed by atoms with Gasteiger partial charge in [-0.1, -0.05) is 27.7 Å². The topological polar surface area (TPSA) is 25.8 Å². The van der Waals surface area contributed by atoms with Gasteiger partial charge < -0.3 is 0 Å². The number of nitrogens with zero attached hydrogens (tertiary/aromatic N) is 2. The van der Waals surface area contributed by atoms with Gasteiger partial charge in [0.15, 0.2) is 0 Å². The smallest absolute Gasteiger partial charge is 0.0698 e. The summed E-state index contributed by atoms with van der Waals surface area (Å²) >= 11 is 5.14. The number of halogens is 1. The first-order valence-electron chi connectivity index (χ1n) is 5.14. The van der Waals surface area contributed by atoms with E-state index in [0.29, 0.717) is 0 Å². The second-order valence-corrected chi connectivity index (χ2v) is 4.02. The lowest BCUT2D eigenvalue weighted by atomic mass is 10.3. The van der Waals surface area contributed by atoms with E-state index in [1.54, 1.807) is 17.5 Å². The third-order valence-corrected chi connectivity index (χ3v) is 3.36. The molecule has 2 nitrogen and oxygen atoms in total. The molecule has 0 fully saturated rings. The average molecular weight is 289 g/mol. The first-order chi connectivity index (χ1) is 7.29. The fraction of sp³-hybridized carbons (Fsp3) is 0.455. The molecular formula is C11H17BrN2S. The van der Waals surface area contributed by atoms with Crippen LogP contribution in [0.1, 0.15) is 33.4 Å². The van der Waals surface area contributed by atoms with Gasteiger partial charge in [0.05, 0.1) is 16.6 Å². The molecule has 2 rings (SSSR count). The lowest BCUT2D eigenvalue weighted by Gasteiger charge is -1.92. The van der Waals surface area contributed by atoms with Crippen molar-refractivity contribution in [3.05, 3.63) is 21.7 Å². The Kier molecular flexibility index (Phi) is 7.52. The molecule has 0 amide bonds. The van der Waals surface area contributed by atoms with Gasteiger partial charge in [-0.05, 0) is 22.9 Å². The van der Waals surface area contributed by atoms with Crippen molar-refractivity contribution in [1.29, 1.82) is 0 Å². The molecular weight excluding hydrogens is 272 g/mol. The molecule has 0 aliphatic rings. The largest absolute Gasteiger partial charge is 0.157 e. The van der Waals surface area contributed by atoms with Crippen molar-refractivity contribution in [2.75, 3.05) is 0 Å². The van der Waals surface area contributed by atoms with Crippen LogP contribution in [-0.2, 0) is 0 Å². The maximum absolute atomic E-state index is 3.97. The van der Waals surface area contributed by atoms with Crippen molar-refractivity contribution in [1.82, 2.24) is 10.2 Å². The Bertz CT molecular complexity index is 398. The summed E-state index contributed by atoms with van der Waals surface area (Å²) in [7, 11) is 0. The highest BCUT2D eigenvalue weighted by Crippen LogP contribution is 2.30. The molecule has 0 aliphatic heterocycles. The van der Waals surface area contributed by atoms with Crippen LogP contribution in [0.2, 0.25) is 0 Å². The van der Waals surface area contributed by atoms with Crippen molar-refractivity contribution in [3.8, 4) is 0 Å². The van der Waals surface area contributed by atoms with E-state index in [2.05, 4.69) is 31.5 Å². The maximum atomic E-state index is 3.97. The number of hydrogen-bond donors (Lipinski definition) is 0. The van der Waals surface area contributed by atoms with Gasteiger partial charge in [0.2, 0.25) is 0 Å². The fourth-order valence-corrected chi connectivity index (χ4v) is 2.76. The zero-order valence-corrected chi connectivity index (χ0v) is 12.2. The van der Waals surface area contributed by atoms with E-state index in [1.165, 1.54) is 10.1 Å². The van der Waals surface area contributed by atoms with Crippen LogP contribution in [-0.4, -0.2) is 10.2 Å². The molecule has 0 aromatic carbocycles. The Morgan fingerprint density at radius 1 is 1.20 bits per heavy atom. The molecule has 0 bridgehead atoms. The van der Waals surface area contributed by atoms with E-state index in [9.17, 15) is 0 Å². The molecule has 0 spiro atoms. The van der Waals surface area contributed by atoms with Gasteiger partial charge in [-0.25, -0.2) is 0 Å². The number of rotatable bonds is 0. The van der Waals surface area contributed by atoms with E-state index in [4.69, 9.17) is 0 Å². The highest BCUT2D eigenvalue weighted by Gasteiger charge is 2.04. The van der Waals surface area contributed by atoms with Crippen LogP contribution in [0, 0.1) is 6.92 Å². The van der Waals surface area contributed by atoms with Crippen LogP contribution in [0.5, 0.6) is 0 Å². The van der Waals surface area contributed by atoms with E-state index < -0.39 is 0 Å². The molecule has 2 heterocycles. The molecule has 0 aliphatic carbocycles. The molecule has 0 saturated heterocycles. The molecule has 2 aromatic heterocycles. The monoisotopic (exact) mass is 288 g/mol. The van der Waals surface area contributed by atoms with E-state index >= 15 is 0 Å². The number of fused-ring (bicyclic) bond motifs is 1. The summed E-state index contributed by atoms with van der Waals surface area (Å²) in [5.74, 6) is 0. The van der Waals surface area contributed by atoms with Crippen LogP contribution in [0.3, 0.4) is 0 Å². The molecule has 0 unspecified atom stereocenters. The predicted octanol–water partition coefficient (Wildman–Crippen LogP) is 4.81. The average Bonchev–Trinajstić information content (AvgIpc) is 2.68. The highest BCUT2D eigenvalue weighted by molar-refractivity contribution is 9.10. The zero-order valence-electron chi connectivity index (χ0n) is 9.84. The van der Waals surface area contributed by atoms with Crippen LogP contribution in [0.25, 0.3) is 10.1 Å². The van der Waals surface area contributed by atoms with Crippen molar-refractivity contribution in [3.63, 3.8) is 0 Å². The maximum Gasteiger partial charge on any atom is 0.0698 e. The fourth-order valence-electron chi connectivity index (χ4n) is 1.01. The van der Waals surface area contributed by atoms with Crippen LogP contribution >= 0.6 is 27.3 Å². The van der Waals surface area contributed by atoms with Crippen LogP contribution in [0.4, 0.5) is 0 Å². The molecule has 84 valence electrons.